The molecule has 2 bridgehead atoms. The van der Waals surface area contributed by atoms with Crippen molar-refractivity contribution in [2.45, 2.75) is 69.2 Å². The Morgan fingerprint density at radius 3 is 2.50 bits per heavy atom. The van der Waals surface area contributed by atoms with Crippen LogP contribution in [-0.2, 0) is 11.3 Å². The molecular weight excluding hydrogens is 496 g/mol. The van der Waals surface area contributed by atoms with Crippen LogP contribution < -0.4 is 4.90 Å². The highest BCUT2D eigenvalue weighted by Crippen LogP contribution is 2.45. The van der Waals surface area contributed by atoms with E-state index in [2.05, 4.69) is 20.1 Å². The van der Waals surface area contributed by atoms with Crippen molar-refractivity contribution < 1.29 is 27.9 Å². The molecule has 0 amide bonds. The van der Waals surface area contributed by atoms with Gasteiger partial charge >= 0.3 is 5.97 Å². The number of nitrogens with zero attached hydrogens (tertiary/aromatic N) is 5. The first-order valence-corrected chi connectivity index (χ1v) is 12.9. The Labute approximate surface area is 216 Å². The molecule has 1 N–H and O–H groups in total. The van der Waals surface area contributed by atoms with Crippen molar-refractivity contribution >= 4 is 17.4 Å². The number of benzene rings is 1. The lowest BCUT2D eigenvalue weighted by atomic mass is 9.99. The number of anilines is 1. The van der Waals surface area contributed by atoms with Crippen LogP contribution in [0.2, 0.25) is 0 Å². The minimum Gasteiger partial charge on any atom is -0.476 e. The van der Waals surface area contributed by atoms with Gasteiger partial charge in [0.05, 0.1) is 24.5 Å². The number of rotatable bonds is 7. The van der Waals surface area contributed by atoms with Gasteiger partial charge in [0.15, 0.2) is 11.3 Å². The van der Waals surface area contributed by atoms with Gasteiger partial charge in [-0.3, -0.25) is 0 Å². The third-order valence-electron chi connectivity index (χ3n) is 7.91. The minimum atomic E-state index is -1.09. The molecule has 2 saturated heterocycles. The van der Waals surface area contributed by atoms with Crippen LogP contribution in [-0.4, -0.2) is 49.0 Å². The van der Waals surface area contributed by atoms with Gasteiger partial charge < -0.3 is 19.3 Å². The number of carboxylic acid groups (broad SMARTS) is 1. The second-order valence-electron chi connectivity index (χ2n) is 10.4. The fourth-order valence-electron chi connectivity index (χ4n) is 6.00. The van der Waals surface area contributed by atoms with E-state index in [0.717, 1.165) is 44.3 Å². The maximum Gasteiger partial charge on any atom is 0.356 e. The van der Waals surface area contributed by atoms with Gasteiger partial charge in [-0.25, -0.2) is 23.1 Å². The van der Waals surface area contributed by atoms with E-state index >= 15 is 0 Å². The van der Waals surface area contributed by atoms with Gasteiger partial charge in [0.2, 0.25) is 0 Å². The van der Waals surface area contributed by atoms with Crippen LogP contribution in [0, 0.1) is 11.6 Å². The number of piperidine rings is 1. The zero-order valence-corrected chi connectivity index (χ0v) is 20.4. The second-order valence-corrected chi connectivity index (χ2v) is 10.4. The van der Waals surface area contributed by atoms with Crippen molar-refractivity contribution in [1.82, 2.24) is 19.8 Å². The molecule has 3 atom stereocenters. The summed E-state index contributed by atoms with van der Waals surface area (Å²) in [7, 11) is 0. The number of hydrogen-bond donors (Lipinski definition) is 1. The van der Waals surface area contributed by atoms with Gasteiger partial charge in [-0.1, -0.05) is 11.2 Å². The number of fused-ring (bicyclic) bond motifs is 3. The molecule has 1 unspecified atom stereocenters. The summed E-state index contributed by atoms with van der Waals surface area (Å²) in [6.45, 7) is 0.180. The van der Waals surface area contributed by atoms with Crippen LogP contribution in [0.1, 0.15) is 66.3 Å². The highest BCUT2D eigenvalue weighted by atomic mass is 19.1. The van der Waals surface area contributed by atoms with Crippen LogP contribution in [0.4, 0.5) is 14.6 Å². The van der Waals surface area contributed by atoms with Gasteiger partial charge in [-0.2, -0.15) is 0 Å². The normalized spacial score (nSPS) is 22.9. The van der Waals surface area contributed by atoms with E-state index in [1.54, 1.807) is 6.07 Å². The van der Waals surface area contributed by atoms with Crippen molar-refractivity contribution in [2.24, 2.45) is 0 Å². The van der Waals surface area contributed by atoms with E-state index < -0.39 is 17.6 Å². The van der Waals surface area contributed by atoms with Crippen molar-refractivity contribution in [2.75, 3.05) is 4.90 Å². The topological polar surface area (TPSA) is 106 Å². The molecular formula is C27H25F2N5O4. The summed E-state index contributed by atoms with van der Waals surface area (Å²) in [5, 5.41) is 17.9. The fraction of sp³-hybridized carbons (Fsp3) is 0.407. The van der Waals surface area contributed by atoms with Gasteiger partial charge in [0.1, 0.15) is 28.9 Å². The van der Waals surface area contributed by atoms with Gasteiger partial charge in [0.25, 0.3) is 0 Å². The summed E-state index contributed by atoms with van der Waals surface area (Å²) >= 11 is 0. The first-order chi connectivity index (χ1) is 18.5. The quantitative estimate of drug-likeness (QED) is 0.364. The second kappa shape index (κ2) is 8.87. The SMILES string of the molecule is O=C(O)c1cn2nc(N3[C@@H]4CC[C@H]3CC(OCc3c(-c5c(F)cccc5F)noc3C3CC3)C4)ccc2n1. The summed E-state index contributed by atoms with van der Waals surface area (Å²) in [5.41, 5.74) is 1.08. The molecule has 196 valence electrons. The van der Waals surface area contributed by atoms with Crippen molar-refractivity contribution in [3.05, 3.63) is 65.2 Å². The zero-order chi connectivity index (χ0) is 26.0. The molecule has 2 aliphatic heterocycles. The van der Waals surface area contributed by atoms with E-state index in [9.17, 15) is 18.7 Å². The van der Waals surface area contributed by atoms with Crippen molar-refractivity contribution in [1.29, 1.82) is 0 Å². The lowest BCUT2D eigenvalue weighted by Gasteiger charge is -2.39. The Morgan fingerprint density at radius 2 is 1.82 bits per heavy atom. The van der Waals surface area contributed by atoms with Crippen molar-refractivity contribution in [3.63, 3.8) is 0 Å². The Balaban J connectivity index is 1.10. The monoisotopic (exact) mass is 521 g/mol. The van der Waals surface area contributed by atoms with E-state index in [1.807, 2.05) is 6.07 Å². The maximum atomic E-state index is 14.6. The number of aromatic carboxylic acids is 1. The summed E-state index contributed by atoms with van der Waals surface area (Å²) in [6.07, 6.45) is 6.90. The molecule has 3 aromatic heterocycles. The molecule has 3 aliphatic rings. The Hall–Kier alpha value is -3.86. The largest absolute Gasteiger partial charge is 0.476 e. The number of imidazole rings is 1. The number of aromatic nitrogens is 4. The Kier molecular flexibility index (Phi) is 5.43. The lowest BCUT2D eigenvalue weighted by molar-refractivity contribution is 0.0145. The molecule has 1 aliphatic carbocycles. The fourth-order valence-corrected chi connectivity index (χ4v) is 6.00. The summed E-state index contributed by atoms with van der Waals surface area (Å²) < 4.78 is 42.6. The zero-order valence-electron chi connectivity index (χ0n) is 20.4. The van der Waals surface area contributed by atoms with Gasteiger partial charge in [0, 0.05) is 23.6 Å². The number of ether oxygens (including phenoxy) is 1. The van der Waals surface area contributed by atoms with Crippen LogP contribution >= 0.6 is 0 Å². The Morgan fingerprint density at radius 1 is 1.08 bits per heavy atom. The van der Waals surface area contributed by atoms with Crippen LogP contribution in [0.3, 0.4) is 0 Å². The van der Waals surface area contributed by atoms with E-state index in [4.69, 9.17) is 9.26 Å². The van der Waals surface area contributed by atoms with Crippen molar-refractivity contribution in [3.8, 4) is 11.3 Å². The molecule has 7 rings (SSSR count). The molecule has 5 heterocycles. The molecule has 4 aromatic rings. The highest BCUT2D eigenvalue weighted by Gasteiger charge is 2.42. The molecule has 0 spiro atoms. The first-order valence-electron chi connectivity index (χ1n) is 12.9. The number of hydrogen-bond acceptors (Lipinski definition) is 7. The average molecular weight is 522 g/mol. The van der Waals surface area contributed by atoms with Crippen LogP contribution in [0.25, 0.3) is 16.9 Å². The van der Waals surface area contributed by atoms with E-state index in [-0.39, 0.29) is 47.7 Å². The third-order valence-corrected chi connectivity index (χ3v) is 7.91. The van der Waals surface area contributed by atoms with Gasteiger partial charge in [-0.05, 0) is 62.8 Å². The molecule has 11 heteroatoms. The molecule has 1 saturated carbocycles. The van der Waals surface area contributed by atoms with E-state index in [0.29, 0.717) is 17.0 Å². The number of carboxylic acids is 1. The molecule has 0 radical (unpaired) electrons. The molecule has 9 nitrogen and oxygen atoms in total. The predicted octanol–water partition coefficient (Wildman–Crippen LogP) is 4.95. The number of carbonyl (C=O) groups is 1. The summed E-state index contributed by atoms with van der Waals surface area (Å²) in [5.74, 6) is -0.772. The van der Waals surface area contributed by atoms with E-state index in [1.165, 1.54) is 28.9 Å². The average Bonchev–Trinajstić information content (AvgIpc) is 3.41. The summed E-state index contributed by atoms with van der Waals surface area (Å²) in [4.78, 5) is 17.7. The lowest BCUT2D eigenvalue weighted by Crippen LogP contribution is -2.46. The highest BCUT2D eigenvalue weighted by molar-refractivity contribution is 5.86. The van der Waals surface area contributed by atoms with Crippen LogP contribution in [0.15, 0.2) is 41.1 Å². The predicted molar refractivity (Wildman–Crippen MR) is 131 cm³/mol. The first kappa shape index (κ1) is 23.3. The standard InChI is InChI=1S/C27H25F2N5O4/c28-19-2-1-3-20(29)24(19)25-18(26(38-32-25)14-4-5-14)13-37-17-10-15-6-7-16(11-17)34(15)23-9-8-22-30-21(27(35)36)12-33(22)31-23/h1-3,8-9,12,14-17H,4-7,10-11,13H2,(H,35,36)/t15-,16+,17?. The van der Waals surface area contributed by atoms with Crippen LogP contribution in [0.5, 0.6) is 0 Å². The third kappa shape index (κ3) is 3.92. The summed E-state index contributed by atoms with van der Waals surface area (Å²) in [6, 6.07) is 7.89. The molecule has 1 aromatic carbocycles. The van der Waals surface area contributed by atoms with Gasteiger partial charge in [-0.15, -0.1) is 5.10 Å². The number of halogens is 2. The maximum absolute atomic E-state index is 14.6. The Bertz CT molecular complexity index is 1510. The minimum absolute atomic E-state index is 0.0281. The molecule has 3 fully saturated rings. The smallest absolute Gasteiger partial charge is 0.356 e. The molecule has 38 heavy (non-hydrogen) atoms.